The molecule has 0 saturated heterocycles. The van der Waals surface area contributed by atoms with Crippen LogP contribution in [0.4, 0.5) is 18.0 Å². The molecule has 1 fully saturated rings. The van der Waals surface area contributed by atoms with Gasteiger partial charge < -0.3 is 20.5 Å². The van der Waals surface area contributed by atoms with Crippen molar-refractivity contribution >= 4 is 18.0 Å². The van der Waals surface area contributed by atoms with Crippen molar-refractivity contribution in [1.82, 2.24) is 10.6 Å². The highest BCUT2D eigenvalue weighted by molar-refractivity contribution is 5.86. The first kappa shape index (κ1) is 24.6. The SMILES string of the molecule is O=C(NCC(CC1CC1)C(=O)NC(C(=O)O)C(F)(F)F)OCC1c2ccccc2-c2ccccc21. The number of carboxylic acids is 1. The van der Waals surface area contributed by atoms with Gasteiger partial charge in [0, 0.05) is 12.5 Å². The molecule has 2 aliphatic carbocycles. The third kappa shape index (κ3) is 5.75. The number of carbonyl (C=O) groups is 3. The number of amides is 2. The van der Waals surface area contributed by atoms with Crippen LogP contribution >= 0.6 is 0 Å². The number of ether oxygens (including phenoxy) is 1. The zero-order chi connectivity index (χ0) is 25.2. The zero-order valence-corrected chi connectivity index (χ0v) is 18.7. The lowest BCUT2D eigenvalue weighted by Crippen LogP contribution is -2.53. The lowest BCUT2D eigenvalue weighted by molar-refractivity contribution is -0.182. The maximum absolute atomic E-state index is 13.0. The van der Waals surface area contributed by atoms with E-state index in [1.165, 1.54) is 0 Å². The number of alkyl carbamates (subject to hydrolysis) is 1. The van der Waals surface area contributed by atoms with Gasteiger partial charge in [0.25, 0.3) is 0 Å². The molecule has 0 aliphatic heterocycles. The van der Waals surface area contributed by atoms with Crippen LogP contribution in [0.5, 0.6) is 0 Å². The molecule has 2 aliphatic rings. The molecule has 0 radical (unpaired) electrons. The summed E-state index contributed by atoms with van der Waals surface area (Å²) in [6.07, 6.45) is -4.02. The maximum atomic E-state index is 13.0. The monoisotopic (exact) mass is 490 g/mol. The summed E-state index contributed by atoms with van der Waals surface area (Å²) in [7, 11) is 0. The number of alkyl halides is 3. The number of rotatable bonds is 9. The summed E-state index contributed by atoms with van der Waals surface area (Å²) in [4.78, 5) is 35.8. The summed E-state index contributed by atoms with van der Waals surface area (Å²) in [5, 5.41) is 12.9. The molecular formula is C25H25F3N2O5. The molecule has 35 heavy (non-hydrogen) atoms. The van der Waals surface area contributed by atoms with Gasteiger partial charge in [-0.3, -0.25) is 4.79 Å². The van der Waals surface area contributed by atoms with Crippen molar-refractivity contribution < 1.29 is 37.4 Å². The molecule has 7 nitrogen and oxygen atoms in total. The van der Waals surface area contributed by atoms with E-state index in [1.54, 1.807) is 5.32 Å². The van der Waals surface area contributed by atoms with E-state index in [0.29, 0.717) is 0 Å². The summed E-state index contributed by atoms with van der Waals surface area (Å²) in [6, 6.07) is 12.6. The summed E-state index contributed by atoms with van der Waals surface area (Å²) in [5.41, 5.74) is 4.19. The van der Waals surface area contributed by atoms with E-state index in [1.807, 2.05) is 48.5 Å². The molecule has 2 atom stereocenters. The van der Waals surface area contributed by atoms with Crippen molar-refractivity contribution in [2.24, 2.45) is 11.8 Å². The van der Waals surface area contributed by atoms with Crippen molar-refractivity contribution in [1.29, 1.82) is 0 Å². The molecule has 0 heterocycles. The molecular weight excluding hydrogens is 465 g/mol. The van der Waals surface area contributed by atoms with Gasteiger partial charge in [0.05, 0.1) is 5.92 Å². The highest BCUT2D eigenvalue weighted by Gasteiger charge is 2.47. The van der Waals surface area contributed by atoms with Crippen molar-refractivity contribution in [3.63, 3.8) is 0 Å². The van der Waals surface area contributed by atoms with Crippen LogP contribution in [0.3, 0.4) is 0 Å². The van der Waals surface area contributed by atoms with Gasteiger partial charge in [0.2, 0.25) is 11.9 Å². The Labute approximate surface area is 199 Å². The van der Waals surface area contributed by atoms with Gasteiger partial charge in [-0.25, -0.2) is 9.59 Å². The molecule has 4 rings (SSSR count). The predicted molar refractivity (Wildman–Crippen MR) is 120 cm³/mol. The second kappa shape index (κ2) is 9.97. The molecule has 1 saturated carbocycles. The molecule has 10 heteroatoms. The van der Waals surface area contributed by atoms with Gasteiger partial charge in [0.15, 0.2) is 0 Å². The Morgan fingerprint density at radius 2 is 1.57 bits per heavy atom. The first-order chi connectivity index (χ1) is 16.6. The van der Waals surface area contributed by atoms with Crippen LogP contribution in [0.25, 0.3) is 11.1 Å². The highest BCUT2D eigenvalue weighted by Crippen LogP contribution is 2.44. The quantitative estimate of drug-likeness (QED) is 0.492. The molecule has 0 spiro atoms. The standard InChI is InChI=1S/C25H25F3N2O5/c26-25(27,28)21(23(32)33)30-22(31)15(11-14-9-10-14)12-29-24(34)35-13-20-18-7-3-1-5-16(18)17-6-2-4-8-19(17)20/h1-8,14-15,20-21H,9-13H2,(H,29,34)(H,30,31)(H,32,33). The number of carbonyl (C=O) groups excluding carboxylic acids is 2. The van der Waals surface area contributed by atoms with Crippen molar-refractivity contribution in [3.05, 3.63) is 59.7 Å². The van der Waals surface area contributed by atoms with Crippen LogP contribution in [0.15, 0.2) is 48.5 Å². The Bertz CT molecular complexity index is 1070. The summed E-state index contributed by atoms with van der Waals surface area (Å²) in [5.74, 6) is -4.28. The summed E-state index contributed by atoms with van der Waals surface area (Å²) in [6.45, 7) is -0.211. The normalized spacial score (nSPS) is 16.5. The number of benzene rings is 2. The second-order valence-electron chi connectivity index (χ2n) is 8.90. The lowest BCUT2D eigenvalue weighted by Gasteiger charge is -2.22. The Balaban J connectivity index is 1.36. The number of hydrogen-bond donors (Lipinski definition) is 3. The van der Waals surface area contributed by atoms with Crippen LogP contribution in [0, 0.1) is 11.8 Å². The van der Waals surface area contributed by atoms with E-state index in [-0.39, 0.29) is 31.4 Å². The highest BCUT2D eigenvalue weighted by atomic mass is 19.4. The molecule has 2 aromatic rings. The minimum Gasteiger partial charge on any atom is -0.479 e. The van der Waals surface area contributed by atoms with Crippen LogP contribution in [0.2, 0.25) is 0 Å². The van der Waals surface area contributed by atoms with Gasteiger partial charge in [-0.15, -0.1) is 0 Å². The van der Waals surface area contributed by atoms with Crippen molar-refractivity contribution in [2.75, 3.05) is 13.2 Å². The first-order valence-electron chi connectivity index (χ1n) is 11.3. The fourth-order valence-corrected chi connectivity index (χ4v) is 4.44. The molecule has 186 valence electrons. The molecule has 2 amide bonds. The van der Waals surface area contributed by atoms with Gasteiger partial charge in [-0.05, 0) is 34.6 Å². The number of fused-ring (bicyclic) bond motifs is 3. The Morgan fingerprint density at radius 1 is 1.00 bits per heavy atom. The fourth-order valence-electron chi connectivity index (χ4n) is 4.44. The van der Waals surface area contributed by atoms with E-state index in [4.69, 9.17) is 9.84 Å². The van der Waals surface area contributed by atoms with E-state index in [0.717, 1.165) is 35.1 Å². The van der Waals surface area contributed by atoms with E-state index < -0.39 is 36.1 Å². The van der Waals surface area contributed by atoms with Gasteiger partial charge in [0.1, 0.15) is 6.61 Å². The van der Waals surface area contributed by atoms with Gasteiger partial charge >= 0.3 is 18.2 Å². The van der Waals surface area contributed by atoms with Crippen LogP contribution in [-0.2, 0) is 14.3 Å². The lowest BCUT2D eigenvalue weighted by atomic mass is 9.98. The first-order valence-corrected chi connectivity index (χ1v) is 11.3. The largest absolute Gasteiger partial charge is 0.479 e. The zero-order valence-electron chi connectivity index (χ0n) is 18.7. The molecule has 2 unspecified atom stereocenters. The van der Waals surface area contributed by atoms with E-state index in [2.05, 4.69) is 5.32 Å². The minimum atomic E-state index is -5.13. The Morgan fingerprint density at radius 3 is 2.09 bits per heavy atom. The molecule has 0 aromatic heterocycles. The predicted octanol–water partition coefficient (Wildman–Crippen LogP) is 4.07. The van der Waals surface area contributed by atoms with Crippen LogP contribution in [-0.4, -0.2) is 48.4 Å². The summed E-state index contributed by atoms with van der Waals surface area (Å²) >= 11 is 0. The van der Waals surface area contributed by atoms with Crippen molar-refractivity contribution in [3.8, 4) is 11.1 Å². The van der Waals surface area contributed by atoms with Crippen molar-refractivity contribution in [2.45, 2.75) is 37.4 Å². The molecule has 2 aromatic carbocycles. The maximum Gasteiger partial charge on any atom is 0.419 e. The molecule has 0 bridgehead atoms. The van der Waals surface area contributed by atoms with Crippen LogP contribution < -0.4 is 10.6 Å². The number of nitrogens with one attached hydrogen (secondary N) is 2. The Kier molecular flexibility index (Phi) is 7.00. The third-order valence-electron chi connectivity index (χ3n) is 6.38. The number of halogens is 3. The molecule has 3 N–H and O–H groups in total. The van der Waals surface area contributed by atoms with E-state index >= 15 is 0 Å². The Hall–Kier alpha value is -3.56. The average Bonchev–Trinajstić information content (AvgIpc) is 3.58. The summed E-state index contributed by atoms with van der Waals surface area (Å²) < 4.78 is 44.3. The van der Waals surface area contributed by atoms with Crippen LogP contribution in [0.1, 0.15) is 36.3 Å². The topological polar surface area (TPSA) is 105 Å². The number of aliphatic carboxylic acids is 1. The average molecular weight is 490 g/mol. The number of hydrogen-bond acceptors (Lipinski definition) is 4. The number of carboxylic acid groups (broad SMARTS) is 1. The second-order valence-corrected chi connectivity index (χ2v) is 8.90. The minimum absolute atomic E-state index is 0.0501. The fraction of sp³-hybridized carbons (Fsp3) is 0.400. The van der Waals surface area contributed by atoms with Gasteiger partial charge in [-0.2, -0.15) is 13.2 Å². The van der Waals surface area contributed by atoms with Gasteiger partial charge in [-0.1, -0.05) is 61.4 Å². The third-order valence-corrected chi connectivity index (χ3v) is 6.38. The van der Waals surface area contributed by atoms with E-state index in [9.17, 15) is 27.6 Å². The smallest absolute Gasteiger partial charge is 0.419 e.